The van der Waals surface area contributed by atoms with Gasteiger partial charge in [0.1, 0.15) is 0 Å². The molecule has 104 valence electrons. The maximum absolute atomic E-state index is 11.8. The summed E-state index contributed by atoms with van der Waals surface area (Å²) >= 11 is 13.7. The summed E-state index contributed by atoms with van der Waals surface area (Å²) in [5.74, 6) is 1.40. The van der Waals surface area contributed by atoms with Crippen molar-refractivity contribution in [2.75, 3.05) is 18.2 Å². The first-order valence-corrected chi connectivity index (χ1v) is 7.71. The lowest BCUT2D eigenvalue weighted by Crippen LogP contribution is -2.43. The van der Waals surface area contributed by atoms with E-state index in [2.05, 4.69) is 10.6 Å². The van der Waals surface area contributed by atoms with Crippen LogP contribution in [0.2, 0.25) is 10.0 Å². The van der Waals surface area contributed by atoms with Crippen molar-refractivity contribution in [1.82, 2.24) is 10.6 Å². The molecule has 0 radical (unpaired) electrons. The van der Waals surface area contributed by atoms with Gasteiger partial charge in [-0.25, -0.2) is 0 Å². The quantitative estimate of drug-likeness (QED) is 0.791. The first-order chi connectivity index (χ1) is 9.09. The molecule has 1 fully saturated rings. The summed E-state index contributed by atoms with van der Waals surface area (Å²) in [6, 6.07) is 4.82. The first kappa shape index (κ1) is 14.9. The van der Waals surface area contributed by atoms with E-state index in [0.29, 0.717) is 15.6 Å². The molecule has 0 aliphatic carbocycles. The number of aliphatic hydroxyl groups excluding tert-OH is 1. The fraction of sp³-hybridized carbons (Fsp3) is 0.417. The molecule has 1 aromatic carbocycles. The average molecular weight is 321 g/mol. The third-order valence-corrected chi connectivity index (χ3v) is 4.43. The van der Waals surface area contributed by atoms with Gasteiger partial charge in [-0.05, 0) is 12.1 Å². The van der Waals surface area contributed by atoms with Gasteiger partial charge < -0.3 is 10.4 Å². The SMILES string of the molecule is O=C(NC[C@@H](O)c1c(Cl)cccc1Cl)[C@@H]1CSCN1. The zero-order valence-electron chi connectivity index (χ0n) is 10.0. The highest BCUT2D eigenvalue weighted by Gasteiger charge is 2.23. The zero-order chi connectivity index (χ0) is 13.8. The molecule has 0 saturated carbocycles. The molecule has 1 heterocycles. The van der Waals surface area contributed by atoms with Crippen LogP contribution in [0.5, 0.6) is 0 Å². The Labute approximate surface area is 125 Å². The molecule has 1 aliphatic heterocycles. The Morgan fingerprint density at radius 3 is 2.79 bits per heavy atom. The highest BCUT2D eigenvalue weighted by molar-refractivity contribution is 7.99. The highest BCUT2D eigenvalue weighted by Crippen LogP contribution is 2.29. The lowest BCUT2D eigenvalue weighted by Gasteiger charge is -2.16. The van der Waals surface area contributed by atoms with Gasteiger partial charge in [0.2, 0.25) is 5.91 Å². The Morgan fingerprint density at radius 1 is 1.53 bits per heavy atom. The second-order valence-corrected chi connectivity index (χ2v) is 6.01. The lowest BCUT2D eigenvalue weighted by molar-refractivity contribution is -0.122. The molecule has 0 aromatic heterocycles. The largest absolute Gasteiger partial charge is 0.386 e. The molecule has 3 N–H and O–H groups in total. The van der Waals surface area contributed by atoms with E-state index >= 15 is 0 Å². The number of carbonyl (C=O) groups excluding carboxylic acids is 1. The van der Waals surface area contributed by atoms with Crippen LogP contribution in [0.4, 0.5) is 0 Å². The monoisotopic (exact) mass is 320 g/mol. The summed E-state index contributed by atoms with van der Waals surface area (Å²) < 4.78 is 0. The summed E-state index contributed by atoms with van der Waals surface area (Å²) in [7, 11) is 0. The van der Waals surface area contributed by atoms with E-state index in [9.17, 15) is 9.90 Å². The van der Waals surface area contributed by atoms with Crippen LogP contribution in [0.1, 0.15) is 11.7 Å². The molecule has 19 heavy (non-hydrogen) atoms. The Hall–Kier alpha value is -0.460. The van der Waals surface area contributed by atoms with Crippen LogP contribution in [-0.4, -0.2) is 35.2 Å². The van der Waals surface area contributed by atoms with Crippen molar-refractivity contribution in [2.24, 2.45) is 0 Å². The summed E-state index contributed by atoms with van der Waals surface area (Å²) in [5, 5.41) is 16.6. The number of carbonyl (C=O) groups is 1. The normalized spacial score (nSPS) is 20.3. The van der Waals surface area contributed by atoms with Crippen LogP contribution in [-0.2, 0) is 4.79 Å². The predicted molar refractivity (Wildman–Crippen MR) is 78.7 cm³/mol. The lowest BCUT2D eigenvalue weighted by atomic mass is 10.1. The van der Waals surface area contributed by atoms with Gasteiger partial charge in [0.15, 0.2) is 0 Å². The molecular formula is C12H14Cl2N2O2S. The van der Waals surface area contributed by atoms with Gasteiger partial charge in [-0.1, -0.05) is 29.3 Å². The third kappa shape index (κ3) is 3.77. The maximum atomic E-state index is 11.8. The number of aliphatic hydroxyl groups is 1. The van der Waals surface area contributed by atoms with Crippen LogP contribution in [0.3, 0.4) is 0 Å². The zero-order valence-corrected chi connectivity index (χ0v) is 12.4. The van der Waals surface area contributed by atoms with Gasteiger partial charge in [0, 0.05) is 33.8 Å². The molecule has 0 spiro atoms. The van der Waals surface area contributed by atoms with Crippen molar-refractivity contribution in [1.29, 1.82) is 0 Å². The second-order valence-electron chi connectivity index (χ2n) is 4.17. The molecule has 0 bridgehead atoms. The molecule has 1 saturated heterocycles. The number of benzene rings is 1. The van der Waals surface area contributed by atoms with Crippen molar-refractivity contribution in [2.45, 2.75) is 12.1 Å². The van der Waals surface area contributed by atoms with Crippen LogP contribution < -0.4 is 10.6 Å². The molecule has 1 amide bonds. The van der Waals surface area contributed by atoms with E-state index < -0.39 is 6.10 Å². The van der Waals surface area contributed by atoms with Crippen molar-refractivity contribution >= 4 is 40.9 Å². The van der Waals surface area contributed by atoms with Crippen molar-refractivity contribution in [3.8, 4) is 0 Å². The fourth-order valence-electron chi connectivity index (χ4n) is 1.82. The minimum Gasteiger partial charge on any atom is -0.386 e. The predicted octanol–water partition coefficient (Wildman–Crippen LogP) is 1.81. The van der Waals surface area contributed by atoms with Gasteiger partial charge in [-0.2, -0.15) is 0 Å². The topological polar surface area (TPSA) is 61.4 Å². The van der Waals surface area contributed by atoms with E-state index in [-0.39, 0.29) is 18.5 Å². The molecule has 4 nitrogen and oxygen atoms in total. The van der Waals surface area contributed by atoms with Gasteiger partial charge in [-0.15, -0.1) is 11.8 Å². The first-order valence-electron chi connectivity index (χ1n) is 5.80. The van der Waals surface area contributed by atoms with Gasteiger partial charge in [0.05, 0.1) is 12.1 Å². The second kappa shape index (κ2) is 6.81. The van der Waals surface area contributed by atoms with Gasteiger partial charge in [0.25, 0.3) is 0 Å². The molecule has 2 atom stereocenters. The highest BCUT2D eigenvalue weighted by atomic mass is 35.5. The van der Waals surface area contributed by atoms with Crippen molar-refractivity contribution in [3.05, 3.63) is 33.8 Å². The van der Waals surface area contributed by atoms with Crippen molar-refractivity contribution < 1.29 is 9.90 Å². The molecule has 1 aliphatic rings. The Morgan fingerprint density at radius 2 is 2.21 bits per heavy atom. The van der Waals surface area contributed by atoms with Crippen molar-refractivity contribution in [3.63, 3.8) is 0 Å². The summed E-state index contributed by atoms with van der Waals surface area (Å²) in [4.78, 5) is 11.8. The number of hydrogen-bond acceptors (Lipinski definition) is 4. The Bertz CT molecular complexity index is 447. The standard InChI is InChI=1S/C12H14Cl2N2O2S/c13-7-2-1-3-8(14)11(7)10(17)4-15-12(18)9-5-19-6-16-9/h1-3,9-10,16-17H,4-6H2,(H,15,18)/t9-,10+/m0/s1. The fourth-order valence-corrected chi connectivity index (χ4v) is 3.41. The van der Waals surface area contributed by atoms with Crippen LogP contribution in [0, 0.1) is 0 Å². The smallest absolute Gasteiger partial charge is 0.238 e. The molecule has 1 aromatic rings. The minimum absolute atomic E-state index is 0.0884. The molecule has 0 unspecified atom stereocenters. The number of thioether (sulfide) groups is 1. The van der Waals surface area contributed by atoms with E-state index in [4.69, 9.17) is 23.2 Å². The number of rotatable bonds is 4. The average Bonchev–Trinajstić information content (AvgIpc) is 2.89. The van der Waals surface area contributed by atoms with E-state index in [1.807, 2.05) is 0 Å². The van der Waals surface area contributed by atoms with E-state index in [1.54, 1.807) is 30.0 Å². The summed E-state index contributed by atoms with van der Waals surface area (Å²) in [6.45, 7) is 0.0884. The Balaban J connectivity index is 1.93. The summed E-state index contributed by atoms with van der Waals surface area (Å²) in [6.07, 6.45) is -0.917. The number of nitrogens with one attached hydrogen (secondary N) is 2. The maximum Gasteiger partial charge on any atom is 0.238 e. The van der Waals surface area contributed by atoms with Crippen LogP contribution in [0.25, 0.3) is 0 Å². The van der Waals surface area contributed by atoms with Gasteiger partial charge >= 0.3 is 0 Å². The number of hydrogen-bond donors (Lipinski definition) is 3. The summed E-state index contributed by atoms with van der Waals surface area (Å²) in [5.41, 5.74) is 0.444. The number of amides is 1. The molecule has 7 heteroatoms. The van der Waals surface area contributed by atoms with Gasteiger partial charge in [-0.3, -0.25) is 10.1 Å². The third-order valence-electron chi connectivity index (χ3n) is 2.84. The Kier molecular flexibility index (Phi) is 5.36. The van der Waals surface area contributed by atoms with E-state index in [1.165, 1.54) is 0 Å². The minimum atomic E-state index is -0.917. The van der Waals surface area contributed by atoms with Crippen LogP contribution in [0.15, 0.2) is 18.2 Å². The van der Waals surface area contributed by atoms with E-state index in [0.717, 1.165) is 11.6 Å². The van der Waals surface area contributed by atoms with Crippen LogP contribution >= 0.6 is 35.0 Å². The number of halogens is 2. The molecule has 2 rings (SSSR count). The molecular weight excluding hydrogens is 307 g/mol.